The summed E-state index contributed by atoms with van der Waals surface area (Å²) in [6, 6.07) is 7.56. The molecule has 0 heterocycles. The molecular formula is C11H13BrO. The predicted octanol–water partition coefficient (Wildman–Crippen LogP) is 3.68. The van der Waals surface area contributed by atoms with E-state index in [1.54, 1.807) is 0 Å². The molecule has 13 heavy (non-hydrogen) atoms. The number of benzene rings is 1. The summed E-state index contributed by atoms with van der Waals surface area (Å²) in [5.74, 6) is 0.327. The normalized spacial score (nSPS) is 12.5. The van der Waals surface area contributed by atoms with Gasteiger partial charge in [0, 0.05) is 16.0 Å². The third-order valence-electron chi connectivity index (χ3n) is 2.20. The molecule has 0 saturated carbocycles. The molecule has 1 nitrogen and oxygen atoms in total. The van der Waals surface area contributed by atoms with E-state index in [4.69, 9.17) is 0 Å². The Morgan fingerprint density at radius 2 is 2.08 bits per heavy atom. The third kappa shape index (κ3) is 2.41. The molecule has 2 heteroatoms. The Labute approximate surface area is 87.3 Å². The number of carbonyl (C=O) groups is 1. The van der Waals surface area contributed by atoms with Gasteiger partial charge in [0.15, 0.2) is 5.78 Å². The largest absolute Gasteiger partial charge is 0.294 e. The first kappa shape index (κ1) is 10.5. The fourth-order valence-electron chi connectivity index (χ4n) is 1.11. The van der Waals surface area contributed by atoms with Gasteiger partial charge in [0.05, 0.1) is 0 Å². The van der Waals surface area contributed by atoms with Gasteiger partial charge in [0.2, 0.25) is 0 Å². The van der Waals surface area contributed by atoms with Gasteiger partial charge in [-0.1, -0.05) is 48.0 Å². The van der Waals surface area contributed by atoms with Gasteiger partial charge in [-0.05, 0) is 12.5 Å². The molecule has 1 unspecified atom stereocenters. The van der Waals surface area contributed by atoms with Crippen LogP contribution in [0.2, 0.25) is 0 Å². The van der Waals surface area contributed by atoms with Crippen molar-refractivity contribution in [3.63, 3.8) is 0 Å². The number of hydrogen-bond acceptors (Lipinski definition) is 1. The van der Waals surface area contributed by atoms with Crippen LogP contribution in [0.1, 0.15) is 30.6 Å². The van der Waals surface area contributed by atoms with E-state index in [0.29, 0.717) is 0 Å². The van der Waals surface area contributed by atoms with Crippen LogP contribution in [0, 0.1) is 5.92 Å². The van der Waals surface area contributed by atoms with E-state index in [9.17, 15) is 4.79 Å². The van der Waals surface area contributed by atoms with Crippen LogP contribution in [0.5, 0.6) is 0 Å². The highest BCUT2D eigenvalue weighted by molar-refractivity contribution is 9.10. The van der Waals surface area contributed by atoms with E-state index in [2.05, 4.69) is 15.9 Å². The first-order chi connectivity index (χ1) is 6.16. The van der Waals surface area contributed by atoms with Gasteiger partial charge in [-0.25, -0.2) is 0 Å². The van der Waals surface area contributed by atoms with Crippen molar-refractivity contribution in [2.24, 2.45) is 5.92 Å². The maximum atomic E-state index is 11.8. The van der Waals surface area contributed by atoms with Gasteiger partial charge in [0.25, 0.3) is 0 Å². The molecule has 0 amide bonds. The van der Waals surface area contributed by atoms with Crippen molar-refractivity contribution in [2.75, 3.05) is 0 Å². The monoisotopic (exact) mass is 240 g/mol. The highest BCUT2D eigenvalue weighted by atomic mass is 79.9. The lowest BCUT2D eigenvalue weighted by Crippen LogP contribution is -2.10. The highest BCUT2D eigenvalue weighted by Gasteiger charge is 2.14. The molecule has 0 aliphatic rings. The molecule has 0 bridgehead atoms. The minimum absolute atomic E-state index is 0.110. The predicted molar refractivity (Wildman–Crippen MR) is 57.9 cm³/mol. The number of Topliss-reactive ketones (excluding diaryl/α,β-unsaturated/α-hetero) is 1. The van der Waals surface area contributed by atoms with E-state index >= 15 is 0 Å². The van der Waals surface area contributed by atoms with Crippen LogP contribution < -0.4 is 0 Å². The summed E-state index contributed by atoms with van der Waals surface area (Å²) in [5, 5.41) is 0. The zero-order chi connectivity index (χ0) is 9.84. The SMILES string of the molecule is CCC(C)C(=O)c1ccccc1Br. The van der Waals surface area contributed by atoms with Crippen LogP contribution in [0.25, 0.3) is 0 Å². The quantitative estimate of drug-likeness (QED) is 0.738. The van der Waals surface area contributed by atoms with Crippen molar-refractivity contribution >= 4 is 21.7 Å². The summed E-state index contributed by atoms with van der Waals surface area (Å²) in [4.78, 5) is 11.8. The zero-order valence-corrected chi connectivity index (χ0v) is 9.47. The van der Waals surface area contributed by atoms with Crippen molar-refractivity contribution in [1.29, 1.82) is 0 Å². The Bertz CT molecular complexity index is 307. The average Bonchev–Trinajstić information content (AvgIpc) is 2.16. The molecule has 0 aliphatic heterocycles. The minimum Gasteiger partial charge on any atom is -0.294 e. The van der Waals surface area contributed by atoms with Gasteiger partial charge in [-0.2, -0.15) is 0 Å². The van der Waals surface area contributed by atoms with Gasteiger partial charge < -0.3 is 0 Å². The Hall–Kier alpha value is -0.630. The fourth-order valence-corrected chi connectivity index (χ4v) is 1.59. The smallest absolute Gasteiger partial charge is 0.166 e. The lowest BCUT2D eigenvalue weighted by molar-refractivity contribution is 0.0926. The molecule has 70 valence electrons. The Morgan fingerprint density at radius 3 is 2.62 bits per heavy atom. The summed E-state index contributed by atoms with van der Waals surface area (Å²) in [6.45, 7) is 3.99. The summed E-state index contributed by atoms with van der Waals surface area (Å²) < 4.78 is 0.889. The second-order valence-corrected chi connectivity index (χ2v) is 4.01. The average molecular weight is 241 g/mol. The molecule has 0 aromatic heterocycles. The van der Waals surface area contributed by atoms with E-state index in [1.165, 1.54) is 0 Å². The molecule has 1 aromatic rings. The van der Waals surface area contributed by atoms with Gasteiger partial charge in [-0.15, -0.1) is 0 Å². The first-order valence-electron chi connectivity index (χ1n) is 4.45. The van der Waals surface area contributed by atoms with E-state index in [-0.39, 0.29) is 11.7 Å². The van der Waals surface area contributed by atoms with Crippen LogP contribution >= 0.6 is 15.9 Å². The van der Waals surface area contributed by atoms with Crippen LogP contribution in [-0.4, -0.2) is 5.78 Å². The Morgan fingerprint density at radius 1 is 1.46 bits per heavy atom. The molecule has 0 saturated heterocycles. The molecule has 0 fully saturated rings. The molecule has 0 spiro atoms. The van der Waals surface area contributed by atoms with Crippen molar-refractivity contribution < 1.29 is 4.79 Å². The van der Waals surface area contributed by atoms with Gasteiger partial charge in [-0.3, -0.25) is 4.79 Å². The van der Waals surface area contributed by atoms with Crippen LogP contribution in [0.15, 0.2) is 28.7 Å². The molecule has 1 atom stereocenters. The van der Waals surface area contributed by atoms with E-state index in [0.717, 1.165) is 16.5 Å². The molecule has 0 N–H and O–H groups in total. The Balaban J connectivity index is 2.95. The lowest BCUT2D eigenvalue weighted by atomic mass is 9.97. The molecule has 0 aliphatic carbocycles. The maximum absolute atomic E-state index is 11.8. The van der Waals surface area contributed by atoms with Crippen LogP contribution in [-0.2, 0) is 0 Å². The third-order valence-corrected chi connectivity index (χ3v) is 2.89. The molecule has 1 aromatic carbocycles. The molecule has 0 radical (unpaired) electrons. The lowest BCUT2D eigenvalue weighted by Gasteiger charge is -2.08. The number of halogens is 1. The second kappa shape index (κ2) is 4.56. The summed E-state index contributed by atoms with van der Waals surface area (Å²) in [5.41, 5.74) is 0.789. The van der Waals surface area contributed by atoms with Crippen molar-refractivity contribution in [1.82, 2.24) is 0 Å². The number of rotatable bonds is 3. The van der Waals surface area contributed by atoms with Crippen molar-refractivity contribution in [2.45, 2.75) is 20.3 Å². The van der Waals surface area contributed by atoms with Crippen LogP contribution in [0.3, 0.4) is 0 Å². The Kier molecular flexibility index (Phi) is 3.67. The van der Waals surface area contributed by atoms with E-state index < -0.39 is 0 Å². The summed E-state index contributed by atoms with van der Waals surface area (Å²) in [7, 11) is 0. The minimum atomic E-state index is 0.110. The standard InChI is InChI=1S/C11H13BrO/c1-3-8(2)11(13)9-6-4-5-7-10(9)12/h4-8H,3H2,1-2H3. The first-order valence-corrected chi connectivity index (χ1v) is 5.24. The second-order valence-electron chi connectivity index (χ2n) is 3.15. The van der Waals surface area contributed by atoms with Gasteiger partial charge in [0.1, 0.15) is 0 Å². The van der Waals surface area contributed by atoms with Gasteiger partial charge >= 0.3 is 0 Å². The summed E-state index contributed by atoms with van der Waals surface area (Å²) in [6.07, 6.45) is 0.889. The number of carbonyl (C=O) groups excluding carboxylic acids is 1. The summed E-state index contributed by atoms with van der Waals surface area (Å²) >= 11 is 3.37. The topological polar surface area (TPSA) is 17.1 Å². The molecular weight excluding hydrogens is 228 g/mol. The van der Waals surface area contributed by atoms with Crippen LogP contribution in [0.4, 0.5) is 0 Å². The maximum Gasteiger partial charge on any atom is 0.166 e. The van der Waals surface area contributed by atoms with Crippen molar-refractivity contribution in [3.8, 4) is 0 Å². The molecule has 1 rings (SSSR count). The number of hydrogen-bond donors (Lipinski definition) is 0. The van der Waals surface area contributed by atoms with Crippen molar-refractivity contribution in [3.05, 3.63) is 34.3 Å². The van der Waals surface area contributed by atoms with E-state index in [1.807, 2.05) is 38.1 Å². The fraction of sp³-hybridized carbons (Fsp3) is 0.364. The highest BCUT2D eigenvalue weighted by Crippen LogP contribution is 2.20. The zero-order valence-electron chi connectivity index (χ0n) is 7.88. The number of ketones is 1.